The number of carbonyl (C=O) groups is 3. The molecule has 0 fully saturated rings. The van der Waals surface area contributed by atoms with Crippen LogP contribution in [0.2, 0.25) is 0 Å². The number of nitrogens with one attached hydrogen (secondary N) is 3. The van der Waals surface area contributed by atoms with Crippen LogP contribution in [0.15, 0.2) is 72.8 Å². The van der Waals surface area contributed by atoms with Crippen molar-refractivity contribution in [2.24, 2.45) is 0 Å². The van der Waals surface area contributed by atoms with Crippen LogP contribution in [0, 0.1) is 0 Å². The van der Waals surface area contributed by atoms with E-state index in [4.69, 9.17) is 9.47 Å². The zero-order chi connectivity index (χ0) is 23.5. The van der Waals surface area contributed by atoms with Crippen LogP contribution in [0.1, 0.15) is 5.56 Å². The Morgan fingerprint density at radius 2 is 1.74 bits per heavy atom. The van der Waals surface area contributed by atoms with Crippen molar-refractivity contribution in [1.29, 1.82) is 0 Å². The summed E-state index contributed by atoms with van der Waals surface area (Å²) in [4.78, 5) is 40.0. The number of hydrogen-bond acceptors (Lipinski definition) is 5. The van der Waals surface area contributed by atoms with Crippen LogP contribution in [0.25, 0.3) is 0 Å². The summed E-state index contributed by atoms with van der Waals surface area (Å²) >= 11 is 0. The number of hydrogen-bond donors (Lipinski definition) is 3. The molecule has 5 rings (SSSR count). The van der Waals surface area contributed by atoms with Gasteiger partial charge in [-0.1, -0.05) is 42.5 Å². The molecule has 2 aliphatic rings. The molecule has 2 aliphatic heterocycles. The second kappa shape index (κ2) is 9.14. The smallest absolute Gasteiger partial charge is 0.323 e. The third kappa shape index (κ3) is 4.49. The quantitative estimate of drug-likeness (QED) is 0.544. The van der Waals surface area contributed by atoms with Crippen molar-refractivity contribution in [1.82, 2.24) is 5.32 Å². The van der Waals surface area contributed by atoms with Gasteiger partial charge in [-0.05, 0) is 29.8 Å². The Labute approximate surface area is 195 Å². The highest BCUT2D eigenvalue weighted by molar-refractivity contribution is 6.10. The Hall–Kier alpha value is -4.53. The SMILES string of the molecule is O=C1CN(C(=O)N[C@@H](Cc2ccccc2)C(=O)Nc2ccc3c(c2)OCO3)c2ccccc2N1. The lowest BCUT2D eigenvalue weighted by Crippen LogP contribution is -2.53. The Morgan fingerprint density at radius 3 is 2.59 bits per heavy atom. The van der Waals surface area contributed by atoms with Gasteiger partial charge in [0.2, 0.25) is 18.6 Å². The lowest BCUT2D eigenvalue weighted by atomic mass is 10.1. The fourth-order valence-corrected chi connectivity index (χ4v) is 3.90. The second-order valence-electron chi connectivity index (χ2n) is 7.90. The number of nitrogens with zero attached hydrogens (tertiary/aromatic N) is 1. The summed E-state index contributed by atoms with van der Waals surface area (Å²) in [6, 6.07) is 20.1. The summed E-state index contributed by atoms with van der Waals surface area (Å²) in [5.74, 6) is 0.440. The fourth-order valence-electron chi connectivity index (χ4n) is 3.90. The molecule has 9 nitrogen and oxygen atoms in total. The first-order valence-corrected chi connectivity index (χ1v) is 10.8. The first-order chi connectivity index (χ1) is 16.6. The average Bonchev–Trinajstić information content (AvgIpc) is 3.31. The lowest BCUT2D eigenvalue weighted by molar-refractivity contribution is -0.118. The van der Waals surface area contributed by atoms with E-state index in [-0.39, 0.29) is 25.7 Å². The summed E-state index contributed by atoms with van der Waals surface area (Å²) < 4.78 is 10.7. The molecule has 0 spiro atoms. The number of benzene rings is 3. The molecule has 3 aromatic rings. The molecule has 0 aliphatic carbocycles. The van der Waals surface area contributed by atoms with Crippen LogP contribution in [-0.4, -0.2) is 37.2 Å². The molecular formula is C25H22N4O5. The van der Waals surface area contributed by atoms with Gasteiger partial charge < -0.3 is 25.4 Å². The maximum atomic E-state index is 13.2. The third-order valence-corrected chi connectivity index (χ3v) is 5.55. The van der Waals surface area contributed by atoms with Gasteiger partial charge in [-0.25, -0.2) is 4.79 Å². The number of carbonyl (C=O) groups excluding carboxylic acids is 3. The molecule has 172 valence electrons. The van der Waals surface area contributed by atoms with E-state index in [1.54, 1.807) is 42.5 Å². The van der Waals surface area contributed by atoms with Crippen molar-refractivity contribution < 1.29 is 23.9 Å². The molecule has 0 unspecified atom stereocenters. The van der Waals surface area contributed by atoms with Crippen molar-refractivity contribution in [3.8, 4) is 11.5 Å². The van der Waals surface area contributed by atoms with Crippen LogP contribution in [0.3, 0.4) is 0 Å². The molecule has 0 saturated carbocycles. The van der Waals surface area contributed by atoms with Gasteiger partial charge in [0.15, 0.2) is 11.5 Å². The number of ether oxygens (including phenoxy) is 2. The van der Waals surface area contributed by atoms with Gasteiger partial charge in [0.25, 0.3) is 0 Å². The summed E-state index contributed by atoms with van der Waals surface area (Å²) in [5, 5.41) is 8.40. The first-order valence-electron chi connectivity index (χ1n) is 10.8. The van der Waals surface area contributed by atoms with E-state index < -0.39 is 18.0 Å². The molecule has 2 heterocycles. The standard InChI is InChI=1S/C25H22N4O5/c30-23-14-29(20-9-5-4-8-18(20)27-23)25(32)28-19(12-16-6-2-1-3-7-16)24(31)26-17-10-11-21-22(13-17)34-15-33-21/h1-11,13,19H,12,14-15H2,(H,26,31)(H,27,30)(H,28,32)/t19-/m0/s1. The normalized spacial score (nSPS) is 14.6. The van der Waals surface area contributed by atoms with Gasteiger partial charge >= 0.3 is 6.03 Å². The van der Waals surface area contributed by atoms with Crippen LogP contribution in [0.5, 0.6) is 11.5 Å². The highest BCUT2D eigenvalue weighted by atomic mass is 16.7. The Balaban J connectivity index is 1.37. The van der Waals surface area contributed by atoms with Crippen molar-refractivity contribution in [2.75, 3.05) is 28.9 Å². The molecule has 0 saturated heterocycles. The van der Waals surface area contributed by atoms with Crippen LogP contribution in [0.4, 0.5) is 21.9 Å². The number of urea groups is 1. The summed E-state index contributed by atoms with van der Waals surface area (Å²) in [7, 11) is 0. The molecule has 4 amide bonds. The largest absolute Gasteiger partial charge is 0.454 e. The lowest BCUT2D eigenvalue weighted by Gasteiger charge is -2.30. The minimum absolute atomic E-state index is 0.129. The predicted molar refractivity (Wildman–Crippen MR) is 126 cm³/mol. The second-order valence-corrected chi connectivity index (χ2v) is 7.90. The Morgan fingerprint density at radius 1 is 0.971 bits per heavy atom. The van der Waals surface area contributed by atoms with Gasteiger partial charge in [-0.3, -0.25) is 14.5 Å². The van der Waals surface area contributed by atoms with Crippen LogP contribution in [-0.2, 0) is 16.0 Å². The molecule has 0 bridgehead atoms. The maximum absolute atomic E-state index is 13.2. The number of rotatable bonds is 5. The van der Waals surface area contributed by atoms with E-state index in [9.17, 15) is 14.4 Å². The topological polar surface area (TPSA) is 109 Å². The highest BCUT2D eigenvalue weighted by Crippen LogP contribution is 2.34. The molecule has 0 radical (unpaired) electrons. The van der Waals surface area contributed by atoms with Gasteiger partial charge in [0, 0.05) is 18.2 Å². The summed E-state index contributed by atoms with van der Waals surface area (Å²) in [6.45, 7) is -0.0189. The number of amides is 4. The summed E-state index contributed by atoms with van der Waals surface area (Å²) in [6.07, 6.45) is 0.269. The Kier molecular flexibility index (Phi) is 5.73. The van der Waals surface area contributed by atoms with Crippen LogP contribution < -0.4 is 30.3 Å². The van der Waals surface area contributed by atoms with Gasteiger partial charge in [-0.2, -0.15) is 0 Å². The van der Waals surface area contributed by atoms with E-state index in [1.807, 2.05) is 30.3 Å². The van der Waals surface area contributed by atoms with Crippen molar-refractivity contribution in [3.05, 3.63) is 78.4 Å². The van der Waals surface area contributed by atoms with Gasteiger partial charge in [-0.15, -0.1) is 0 Å². The highest BCUT2D eigenvalue weighted by Gasteiger charge is 2.30. The van der Waals surface area contributed by atoms with E-state index >= 15 is 0 Å². The molecule has 1 atom stereocenters. The number of anilines is 3. The summed E-state index contributed by atoms with van der Waals surface area (Å²) in [5.41, 5.74) is 2.50. The predicted octanol–water partition coefficient (Wildman–Crippen LogP) is 3.13. The zero-order valence-electron chi connectivity index (χ0n) is 18.1. The maximum Gasteiger partial charge on any atom is 0.323 e. The molecule has 3 aromatic carbocycles. The Bertz CT molecular complexity index is 1250. The average molecular weight is 458 g/mol. The number of para-hydroxylation sites is 2. The van der Waals surface area contributed by atoms with E-state index in [0.717, 1.165) is 5.56 Å². The molecule has 0 aromatic heterocycles. The van der Waals surface area contributed by atoms with Crippen molar-refractivity contribution in [2.45, 2.75) is 12.5 Å². The van der Waals surface area contributed by atoms with Gasteiger partial charge in [0.05, 0.1) is 11.4 Å². The van der Waals surface area contributed by atoms with Crippen molar-refractivity contribution in [3.63, 3.8) is 0 Å². The minimum atomic E-state index is -0.891. The van der Waals surface area contributed by atoms with Crippen LogP contribution >= 0.6 is 0 Å². The van der Waals surface area contributed by atoms with E-state index in [1.165, 1.54) is 4.90 Å². The number of fused-ring (bicyclic) bond motifs is 2. The molecule has 34 heavy (non-hydrogen) atoms. The third-order valence-electron chi connectivity index (χ3n) is 5.55. The molecule has 3 N–H and O–H groups in total. The monoisotopic (exact) mass is 458 g/mol. The minimum Gasteiger partial charge on any atom is -0.454 e. The van der Waals surface area contributed by atoms with E-state index in [2.05, 4.69) is 16.0 Å². The molecule has 9 heteroatoms. The fraction of sp³-hybridized carbons (Fsp3) is 0.160. The van der Waals surface area contributed by atoms with E-state index in [0.29, 0.717) is 28.6 Å². The first kappa shape index (κ1) is 21.3. The zero-order valence-corrected chi connectivity index (χ0v) is 18.1. The van der Waals surface area contributed by atoms with Crippen molar-refractivity contribution >= 4 is 34.9 Å². The van der Waals surface area contributed by atoms with Gasteiger partial charge in [0.1, 0.15) is 12.6 Å². The molecular weight excluding hydrogens is 436 g/mol.